The van der Waals surface area contributed by atoms with E-state index in [-0.39, 0.29) is 17.7 Å². The van der Waals surface area contributed by atoms with Crippen molar-refractivity contribution >= 4 is 11.8 Å². The fraction of sp³-hybridized carbons (Fsp3) is 0.200. The zero-order chi connectivity index (χ0) is 13.8. The minimum absolute atomic E-state index is 0.00975. The van der Waals surface area contributed by atoms with E-state index < -0.39 is 0 Å². The molecule has 0 aromatic heterocycles. The van der Waals surface area contributed by atoms with Gasteiger partial charge in [0, 0.05) is 15.8 Å². The number of nitrogens with two attached hydrogens (primary N) is 1. The third kappa shape index (κ3) is 3.78. The van der Waals surface area contributed by atoms with Gasteiger partial charge in [-0.2, -0.15) is 0 Å². The van der Waals surface area contributed by atoms with Crippen LogP contribution in [-0.2, 0) is 6.42 Å². The van der Waals surface area contributed by atoms with Gasteiger partial charge in [0.05, 0.1) is 0 Å². The number of hydrogen-bond acceptors (Lipinski definition) is 2. The maximum Gasteiger partial charge on any atom is 0.137 e. The predicted octanol–water partition coefficient (Wildman–Crippen LogP) is 4.01. The van der Waals surface area contributed by atoms with Crippen LogP contribution in [0.2, 0.25) is 0 Å². The lowest BCUT2D eigenvalue weighted by molar-refractivity contribution is 0.593. The van der Waals surface area contributed by atoms with E-state index >= 15 is 0 Å². The average Bonchev–Trinajstić information content (AvgIpc) is 2.34. The maximum atomic E-state index is 13.9. The van der Waals surface area contributed by atoms with Crippen molar-refractivity contribution in [2.24, 2.45) is 5.73 Å². The van der Waals surface area contributed by atoms with Gasteiger partial charge >= 0.3 is 0 Å². The van der Waals surface area contributed by atoms with Gasteiger partial charge in [0.1, 0.15) is 11.6 Å². The largest absolute Gasteiger partial charge is 0.328 e. The van der Waals surface area contributed by atoms with Gasteiger partial charge < -0.3 is 5.73 Å². The molecule has 100 valence electrons. The first-order valence-electron chi connectivity index (χ1n) is 6.02. The summed E-state index contributed by atoms with van der Waals surface area (Å²) in [6.07, 6.45) is 0.627. The first kappa shape index (κ1) is 14.0. The summed E-state index contributed by atoms with van der Waals surface area (Å²) in [4.78, 5) is 0.833. The van der Waals surface area contributed by atoms with Crippen molar-refractivity contribution in [3.05, 3.63) is 59.7 Å². The van der Waals surface area contributed by atoms with E-state index in [1.54, 1.807) is 24.3 Å². The van der Waals surface area contributed by atoms with Gasteiger partial charge in [-0.15, -0.1) is 0 Å². The molecule has 0 aliphatic carbocycles. The number of rotatable bonds is 4. The topological polar surface area (TPSA) is 26.0 Å². The van der Waals surface area contributed by atoms with E-state index in [1.165, 1.54) is 12.1 Å². The van der Waals surface area contributed by atoms with Gasteiger partial charge in [-0.1, -0.05) is 30.0 Å². The molecule has 2 rings (SSSR count). The molecule has 1 nitrogen and oxygen atoms in total. The van der Waals surface area contributed by atoms with E-state index in [1.807, 2.05) is 13.0 Å². The molecular formula is C15H15F2NS. The summed E-state index contributed by atoms with van der Waals surface area (Å²) < 4.78 is 27.4. The third-order valence-electron chi connectivity index (χ3n) is 2.61. The molecule has 1 atom stereocenters. The quantitative estimate of drug-likeness (QED) is 0.915. The van der Waals surface area contributed by atoms with Gasteiger partial charge in [0.15, 0.2) is 0 Å². The zero-order valence-corrected chi connectivity index (χ0v) is 11.4. The van der Waals surface area contributed by atoms with Crippen LogP contribution in [0.5, 0.6) is 0 Å². The van der Waals surface area contributed by atoms with Crippen LogP contribution in [0.4, 0.5) is 8.78 Å². The van der Waals surface area contributed by atoms with Crippen LogP contribution in [-0.4, -0.2) is 6.04 Å². The number of halogens is 2. The van der Waals surface area contributed by atoms with Crippen LogP contribution in [0.25, 0.3) is 0 Å². The minimum Gasteiger partial charge on any atom is -0.328 e. The second-order valence-corrected chi connectivity index (χ2v) is 5.56. The minimum atomic E-state index is -0.341. The number of benzene rings is 2. The first-order valence-corrected chi connectivity index (χ1v) is 6.84. The molecule has 0 heterocycles. The highest BCUT2D eigenvalue weighted by Crippen LogP contribution is 2.31. The van der Waals surface area contributed by atoms with Gasteiger partial charge in [-0.05, 0) is 43.2 Å². The molecule has 4 heteroatoms. The van der Waals surface area contributed by atoms with Crippen molar-refractivity contribution in [2.75, 3.05) is 0 Å². The zero-order valence-electron chi connectivity index (χ0n) is 10.6. The summed E-state index contributed by atoms with van der Waals surface area (Å²) >= 11 is 1.09. The second-order valence-electron chi connectivity index (χ2n) is 4.48. The van der Waals surface area contributed by atoms with E-state index in [9.17, 15) is 8.78 Å². The highest BCUT2D eigenvalue weighted by atomic mass is 32.2. The lowest BCUT2D eigenvalue weighted by Gasteiger charge is -2.08. The Balaban J connectivity index is 2.20. The molecule has 19 heavy (non-hydrogen) atoms. The molecule has 0 spiro atoms. The predicted molar refractivity (Wildman–Crippen MR) is 74.3 cm³/mol. The van der Waals surface area contributed by atoms with Gasteiger partial charge in [0.25, 0.3) is 0 Å². The molecule has 0 fully saturated rings. The standard InChI is InChI=1S/C15H15F2NS/c1-10(18)8-11-6-7-15(13(17)9-11)19-14-5-3-2-4-12(14)16/h2-7,9-10H,8,18H2,1H3. The van der Waals surface area contributed by atoms with Crippen molar-refractivity contribution in [1.82, 2.24) is 0 Å². The van der Waals surface area contributed by atoms with Gasteiger partial charge in [-0.25, -0.2) is 8.78 Å². The Labute approximate surface area is 115 Å². The second kappa shape index (κ2) is 6.17. The van der Waals surface area contributed by atoms with Crippen molar-refractivity contribution in [3.8, 4) is 0 Å². The third-order valence-corrected chi connectivity index (χ3v) is 3.71. The molecule has 2 aromatic rings. The lowest BCUT2D eigenvalue weighted by atomic mass is 10.1. The summed E-state index contributed by atoms with van der Waals surface area (Å²) in [5.74, 6) is -0.682. The van der Waals surface area contributed by atoms with E-state index in [4.69, 9.17) is 5.73 Å². The molecule has 1 unspecified atom stereocenters. The molecular weight excluding hydrogens is 264 g/mol. The summed E-state index contributed by atoms with van der Waals surface area (Å²) in [7, 11) is 0. The Morgan fingerprint density at radius 2 is 1.74 bits per heavy atom. The molecule has 0 bridgehead atoms. The van der Waals surface area contributed by atoms with Gasteiger partial charge in [-0.3, -0.25) is 0 Å². The molecule has 0 aliphatic heterocycles. The maximum absolute atomic E-state index is 13.9. The molecule has 2 N–H and O–H groups in total. The Morgan fingerprint density at radius 1 is 1.05 bits per heavy atom. The van der Waals surface area contributed by atoms with Crippen molar-refractivity contribution in [2.45, 2.75) is 29.2 Å². The Kier molecular flexibility index (Phi) is 4.56. The average molecular weight is 279 g/mol. The molecule has 0 radical (unpaired) electrons. The monoisotopic (exact) mass is 279 g/mol. The molecule has 2 aromatic carbocycles. The fourth-order valence-corrected chi connectivity index (χ4v) is 2.61. The Morgan fingerprint density at radius 3 is 2.37 bits per heavy atom. The highest BCUT2D eigenvalue weighted by molar-refractivity contribution is 7.99. The van der Waals surface area contributed by atoms with Crippen LogP contribution in [0, 0.1) is 11.6 Å². The molecule has 0 saturated heterocycles. The Hall–Kier alpha value is -1.39. The van der Waals surface area contributed by atoms with E-state index in [2.05, 4.69) is 0 Å². The SMILES string of the molecule is CC(N)Cc1ccc(Sc2ccccc2F)c(F)c1. The lowest BCUT2D eigenvalue weighted by Crippen LogP contribution is -2.17. The fourth-order valence-electron chi connectivity index (χ4n) is 1.77. The first-order chi connectivity index (χ1) is 9.06. The van der Waals surface area contributed by atoms with Crippen molar-refractivity contribution in [3.63, 3.8) is 0 Å². The van der Waals surface area contributed by atoms with Crippen molar-refractivity contribution < 1.29 is 8.78 Å². The summed E-state index contributed by atoms with van der Waals surface area (Å²) in [5, 5.41) is 0. The van der Waals surface area contributed by atoms with Crippen molar-refractivity contribution in [1.29, 1.82) is 0 Å². The highest BCUT2D eigenvalue weighted by Gasteiger charge is 2.09. The molecule has 0 saturated carbocycles. The smallest absolute Gasteiger partial charge is 0.137 e. The summed E-state index contributed by atoms with van der Waals surface area (Å²) in [6.45, 7) is 1.87. The molecule has 0 amide bonds. The van der Waals surface area contributed by atoms with Crippen LogP contribution < -0.4 is 5.73 Å². The Bertz CT molecular complexity index is 570. The summed E-state index contributed by atoms with van der Waals surface area (Å²) in [6, 6.07) is 11.3. The van der Waals surface area contributed by atoms with Crippen LogP contribution in [0.3, 0.4) is 0 Å². The van der Waals surface area contributed by atoms with Crippen LogP contribution >= 0.6 is 11.8 Å². The van der Waals surface area contributed by atoms with Crippen LogP contribution in [0.15, 0.2) is 52.3 Å². The molecule has 0 aliphatic rings. The van der Waals surface area contributed by atoms with Crippen LogP contribution in [0.1, 0.15) is 12.5 Å². The normalized spacial score (nSPS) is 12.4. The van der Waals surface area contributed by atoms with Gasteiger partial charge in [0.2, 0.25) is 0 Å². The van der Waals surface area contributed by atoms with E-state index in [0.717, 1.165) is 17.3 Å². The number of hydrogen-bond donors (Lipinski definition) is 1. The summed E-state index contributed by atoms with van der Waals surface area (Å²) in [5.41, 5.74) is 6.53. The van der Waals surface area contributed by atoms with E-state index in [0.29, 0.717) is 16.2 Å².